The summed E-state index contributed by atoms with van der Waals surface area (Å²) >= 11 is 0. The summed E-state index contributed by atoms with van der Waals surface area (Å²) in [4.78, 5) is 11.8. The van der Waals surface area contributed by atoms with E-state index in [1.165, 1.54) is 11.8 Å². The second-order valence-electron chi connectivity index (χ2n) is 4.50. The van der Waals surface area contributed by atoms with Gasteiger partial charge in [0.05, 0.1) is 12.1 Å². The van der Waals surface area contributed by atoms with Crippen molar-refractivity contribution in [1.82, 2.24) is 5.16 Å². The van der Waals surface area contributed by atoms with E-state index in [0.717, 1.165) is 5.69 Å². The normalized spacial score (nSPS) is 10.6. The minimum atomic E-state index is -0.0928. The van der Waals surface area contributed by atoms with E-state index in [1.807, 2.05) is 18.2 Å². The lowest BCUT2D eigenvalue weighted by atomic mass is 10.0. The van der Waals surface area contributed by atoms with Crippen molar-refractivity contribution in [2.45, 2.75) is 26.2 Å². The Kier molecular flexibility index (Phi) is 3.77. The van der Waals surface area contributed by atoms with Crippen molar-refractivity contribution in [3.05, 3.63) is 47.9 Å². The van der Waals surface area contributed by atoms with Gasteiger partial charge in [0.2, 0.25) is 5.91 Å². The first-order valence-electron chi connectivity index (χ1n) is 5.94. The van der Waals surface area contributed by atoms with Gasteiger partial charge >= 0.3 is 0 Å². The van der Waals surface area contributed by atoms with Crippen LogP contribution in [0.25, 0.3) is 0 Å². The predicted octanol–water partition coefficient (Wildman–Crippen LogP) is 2.98. The Hall–Kier alpha value is -2.10. The van der Waals surface area contributed by atoms with Crippen molar-refractivity contribution in [1.29, 1.82) is 0 Å². The van der Waals surface area contributed by atoms with Crippen LogP contribution < -0.4 is 5.32 Å². The number of carbonyl (C=O) groups excluding carboxylic acids is 1. The topological polar surface area (TPSA) is 55.1 Å². The maximum absolute atomic E-state index is 11.8. The smallest absolute Gasteiger partial charge is 0.230 e. The van der Waals surface area contributed by atoms with Gasteiger partial charge < -0.3 is 9.84 Å². The van der Waals surface area contributed by atoms with Gasteiger partial charge in [0, 0.05) is 11.8 Å². The fourth-order valence-electron chi connectivity index (χ4n) is 1.67. The van der Waals surface area contributed by atoms with Gasteiger partial charge in [-0.1, -0.05) is 31.1 Å². The van der Waals surface area contributed by atoms with Gasteiger partial charge in [-0.05, 0) is 23.6 Å². The largest absolute Gasteiger partial charge is 0.364 e. The lowest BCUT2D eigenvalue weighted by Crippen LogP contribution is -2.14. The minimum absolute atomic E-state index is 0.0928. The van der Waals surface area contributed by atoms with Gasteiger partial charge in [-0.15, -0.1) is 0 Å². The van der Waals surface area contributed by atoms with E-state index in [0.29, 0.717) is 11.6 Å². The van der Waals surface area contributed by atoms with E-state index in [1.54, 1.807) is 6.07 Å². The molecule has 1 heterocycles. The highest BCUT2D eigenvalue weighted by Crippen LogP contribution is 2.18. The van der Waals surface area contributed by atoms with Crippen molar-refractivity contribution in [2.75, 3.05) is 5.32 Å². The van der Waals surface area contributed by atoms with Gasteiger partial charge in [0.15, 0.2) is 0 Å². The fourth-order valence-corrected chi connectivity index (χ4v) is 1.67. The molecule has 0 spiro atoms. The fraction of sp³-hybridized carbons (Fsp3) is 0.286. The zero-order valence-electron chi connectivity index (χ0n) is 10.5. The monoisotopic (exact) mass is 244 g/mol. The molecule has 4 nitrogen and oxygen atoms in total. The molecule has 4 heteroatoms. The van der Waals surface area contributed by atoms with Crippen molar-refractivity contribution < 1.29 is 9.32 Å². The van der Waals surface area contributed by atoms with E-state index in [-0.39, 0.29) is 12.3 Å². The number of amides is 1. The highest BCUT2D eigenvalue weighted by Gasteiger charge is 2.07. The van der Waals surface area contributed by atoms with E-state index in [9.17, 15) is 4.79 Å². The van der Waals surface area contributed by atoms with Crippen molar-refractivity contribution in [3.8, 4) is 0 Å². The molecule has 18 heavy (non-hydrogen) atoms. The first kappa shape index (κ1) is 12.4. The molecule has 2 rings (SSSR count). The number of rotatable bonds is 4. The summed E-state index contributed by atoms with van der Waals surface area (Å²) in [7, 11) is 0. The highest BCUT2D eigenvalue weighted by atomic mass is 16.5. The third-order valence-electron chi connectivity index (χ3n) is 2.67. The average Bonchev–Trinajstić information content (AvgIpc) is 2.82. The number of hydrogen-bond donors (Lipinski definition) is 1. The molecule has 0 aliphatic heterocycles. The van der Waals surface area contributed by atoms with Gasteiger partial charge in [-0.25, -0.2) is 0 Å². The molecule has 0 aliphatic rings. The Balaban J connectivity index is 2.00. The van der Waals surface area contributed by atoms with E-state index >= 15 is 0 Å². The van der Waals surface area contributed by atoms with Crippen molar-refractivity contribution in [3.63, 3.8) is 0 Å². The van der Waals surface area contributed by atoms with E-state index in [4.69, 9.17) is 0 Å². The number of nitrogens with one attached hydrogen (secondary N) is 1. The summed E-state index contributed by atoms with van der Waals surface area (Å²) in [5.41, 5.74) is 2.65. The van der Waals surface area contributed by atoms with Crippen LogP contribution in [0.15, 0.2) is 41.1 Å². The summed E-state index contributed by atoms with van der Waals surface area (Å²) in [6.07, 6.45) is 1.68. The highest BCUT2D eigenvalue weighted by molar-refractivity contribution is 5.92. The van der Waals surface area contributed by atoms with Crippen LogP contribution in [0.4, 0.5) is 5.69 Å². The quantitative estimate of drug-likeness (QED) is 0.899. The van der Waals surface area contributed by atoms with Crippen LogP contribution in [0, 0.1) is 0 Å². The molecular formula is C14H16N2O2. The first-order chi connectivity index (χ1) is 8.65. The average molecular weight is 244 g/mol. The second kappa shape index (κ2) is 5.49. The van der Waals surface area contributed by atoms with Gasteiger partial charge in [0.1, 0.15) is 6.26 Å². The van der Waals surface area contributed by atoms with E-state index in [2.05, 4.69) is 34.9 Å². The molecule has 94 valence electrons. The van der Waals surface area contributed by atoms with Crippen LogP contribution in [0.5, 0.6) is 0 Å². The van der Waals surface area contributed by atoms with E-state index < -0.39 is 0 Å². The molecule has 1 aromatic heterocycles. The lowest BCUT2D eigenvalue weighted by Gasteiger charge is -2.09. The van der Waals surface area contributed by atoms with Gasteiger partial charge in [-0.3, -0.25) is 4.79 Å². The molecule has 2 aromatic rings. The number of carbonyl (C=O) groups is 1. The Morgan fingerprint density at radius 1 is 1.39 bits per heavy atom. The number of nitrogens with zero attached hydrogens (tertiary/aromatic N) is 1. The molecule has 0 saturated carbocycles. The molecule has 0 atom stereocenters. The predicted molar refractivity (Wildman–Crippen MR) is 69.4 cm³/mol. The summed E-state index contributed by atoms with van der Waals surface area (Å²) in [6.45, 7) is 4.24. The van der Waals surface area contributed by atoms with Crippen LogP contribution in [0.3, 0.4) is 0 Å². The summed E-state index contributed by atoms with van der Waals surface area (Å²) < 4.78 is 4.69. The molecule has 1 aromatic carbocycles. The summed E-state index contributed by atoms with van der Waals surface area (Å²) in [6, 6.07) is 9.56. The Labute approximate surface area is 106 Å². The second-order valence-corrected chi connectivity index (χ2v) is 4.50. The molecular weight excluding hydrogens is 228 g/mol. The van der Waals surface area contributed by atoms with Crippen LogP contribution >= 0.6 is 0 Å². The third kappa shape index (κ3) is 3.20. The standard InChI is InChI=1S/C14H16N2O2/c1-10(2)11-4-3-5-12(8-11)15-14(17)9-13-6-7-18-16-13/h3-8,10H,9H2,1-2H3,(H,15,17). The number of anilines is 1. The van der Waals surface area contributed by atoms with Gasteiger partial charge in [-0.2, -0.15) is 0 Å². The lowest BCUT2D eigenvalue weighted by molar-refractivity contribution is -0.115. The number of aromatic nitrogens is 1. The molecule has 1 N–H and O–H groups in total. The van der Waals surface area contributed by atoms with Crippen LogP contribution in [0.1, 0.15) is 31.0 Å². The Morgan fingerprint density at radius 2 is 2.22 bits per heavy atom. The summed E-state index contributed by atoms with van der Waals surface area (Å²) in [5.74, 6) is 0.349. The molecule has 1 amide bonds. The molecule has 0 bridgehead atoms. The minimum Gasteiger partial charge on any atom is -0.364 e. The molecule has 0 unspecified atom stereocenters. The molecule has 0 aliphatic carbocycles. The van der Waals surface area contributed by atoms with Gasteiger partial charge in [0.25, 0.3) is 0 Å². The molecule has 0 radical (unpaired) electrons. The maximum Gasteiger partial charge on any atom is 0.230 e. The maximum atomic E-state index is 11.8. The molecule has 0 saturated heterocycles. The van der Waals surface area contributed by atoms with Crippen LogP contribution in [-0.4, -0.2) is 11.1 Å². The summed E-state index contributed by atoms with van der Waals surface area (Å²) in [5, 5.41) is 6.56. The first-order valence-corrected chi connectivity index (χ1v) is 5.94. The zero-order valence-corrected chi connectivity index (χ0v) is 10.5. The number of hydrogen-bond acceptors (Lipinski definition) is 3. The van der Waals surface area contributed by atoms with Crippen LogP contribution in [-0.2, 0) is 11.2 Å². The number of benzene rings is 1. The zero-order chi connectivity index (χ0) is 13.0. The van der Waals surface area contributed by atoms with Crippen molar-refractivity contribution in [2.24, 2.45) is 0 Å². The van der Waals surface area contributed by atoms with Crippen molar-refractivity contribution >= 4 is 11.6 Å². The Bertz CT molecular complexity index is 518. The van der Waals surface area contributed by atoms with Crippen LogP contribution in [0.2, 0.25) is 0 Å². The molecule has 0 fully saturated rings. The SMILES string of the molecule is CC(C)c1cccc(NC(=O)Cc2ccon2)c1. The third-order valence-corrected chi connectivity index (χ3v) is 2.67. The Morgan fingerprint density at radius 3 is 2.89 bits per heavy atom.